The summed E-state index contributed by atoms with van der Waals surface area (Å²) < 4.78 is 5.31. The van der Waals surface area contributed by atoms with E-state index < -0.39 is 0 Å². The fraction of sp³-hybridized carbons (Fsp3) is 0.769. The van der Waals surface area contributed by atoms with Gasteiger partial charge in [0.05, 0.1) is 0 Å². The predicted molar refractivity (Wildman–Crippen MR) is 59.4 cm³/mol. The van der Waals surface area contributed by atoms with Gasteiger partial charge in [0, 0.05) is 13.3 Å². The maximum absolute atomic E-state index is 10.9. The summed E-state index contributed by atoms with van der Waals surface area (Å²) in [6, 6.07) is 0. The Morgan fingerprint density at radius 1 is 1.53 bits per heavy atom. The number of ether oxygens (including phenoxy) is 1. The molecule has 0 aromatic heterocycles. The van der Waals surface area contributed by atoms with Crippen molar-refractivity contribution in [2.45, 2.75) is 58.5 Å². The van der Waals surface area contributed by atoms with Crippen molar-refractivity contribution < 1.29 is 9.53 Å². The molecule has 0 unspecified atom stereocenters. The largest absolute Gasteiger partial charge is 0.462 e. The number of carbonyl (C=O) groups is 1. The van der Waals surface area contributed by atoms with Crippen molar-refractivity contribution in [1.82, 2.24) is 0 Å². The van der Waals surface area contributed by atoms with Crippen LogP contribution in [-0.2, 0) is 9.53 Å². The number of rotatable bonds is 1. The topological polar surface area (TPSA) is 26.3 Å². The Morgan fingerprint density at radius 3 is 3.07 bits per heavy atom. The molecule has 2 aliphatic rings. The van der Waals surface area contributed by atoms with Crippen LogP contribution in [-0.4, -0.2) is 12.1 Å². The lowest BCUT2D eigenvalue weighted by Crippen LogP contribution is -2.33. The summed E-state index contributed by atoms with van der Waals surface area (Å²) in [7, 11) is 0. The zero-order chi connectivity index (χ0) is 10.9. The first-order valence-corrected chi connectivity index (χ1v) is 5.97. The molecule has 0 radical (unpaired) electrons. The van der Waals surface area contributed by atoms with Crippen LogP contribution in [0.25, 0.3) is 0 Å². The Hall–Kier alpha value is -0.790. The van der Waals surface area contributed by atoms with Crippen molar-refractivity contribution in [3.8, 4) is 0 Å². The van der Waals surface area contributed by atoms with E-state index >= 15 is 0 Å². The van der Waals surface area contributed by atoms with Crippen molar-refractivity contribution in [3.05, 3.63) is 11.6 Å². The molecule has 2 heteroatoms. The Labute approximate surface area is 91.7 Å². The Kier molecular flexibility index (Phi) is 2.85. The zero-order valence-electron chi connectivity index (χ0n) is 9.71. The molecule has 0 spiro atoms. The molecule has 2 rings (SSSR count). The van der Waals surface area contributed by atoms with Crippen LogP contribution in [0.4, 0.5) is 0 Å². The van der Waals surface area contributed by atoms with Gasteiger partial charge in [0.15, 0.2) is 0 Å². The van der Waals surface area contributed by atoms with Crippen LogP contribution in [0.15, 0.2) is 11.6 Å². The molecule has 0 saturated heterocycles. The normalized spacial score (nSPS) is 35.3. The molecule has 2 nitrogen and oxygen atoms in total. The third kappa shape index (κ3) is 2.24. The Morgan fingerprint density at radius 2 is 2.33 bits per heavy atom. The monoisotopic (exact) mass is 208 g/mol. The average Bonchev–Trinajstić information content (AvgIpc) is 2.17. The first-order valence-electron chi connectivity index (χ1n) is 5.97. The van der Waals surface area contributed by atoms with E-state index in [0.29, 0.717) is 5.41 Å². The first kappa shape index (κ1) is 10.7. The highest BCUT2D eigenvalue weighted by molar-refractivity contribution is 5.66. The summed E-state index contributed by atoms with van der Waals surface area (Å²) in [4.78, 5) is 10.9. The van der Waals surface area contributed by atoms with E-state index in [1.165, 1.54) is 38.2 Å². The maximum Gasteiger partial charge on any atom is 0.302 e. The molecule has 1 saturated carbocycles. The van der Waals surface area contributed by atoms with E-state index in [2.05, 4.69) is 13.0 Å². The van der Waals surface area contributed by atoms with Gasteiger partial charge >= 0.3 is 5.97 Å². The van der Waals surface area contributed by atoms with E-state index in [1.807, 2.05) is 0 Å². The van der Waals surface area contributed by atoms with Crippen LogP contribution in [0.5, 0.6) is 0 Å². The fourth-order valence-corrected chi connectivity index (χ4v) is 2.95. The number of esters is 1. The van der Waals surface area contributed by atoms with Crippen LogP contribution in [0.3, 0.4) is 0 Å². The lowest BCUT2D eigenvalue weighted by atomic mass is 9.65. The molecule has 1 fully saturated rings. The minimum Gasteiger partial charge on any atom is -0.462 e. The van der Waals surface area contributed by atoms with Crippen LogP contribution in [0.1, 0.15) is 52.4 Å². The van der Waals surface area contributed by atoms with Gasteiger partial charge in [-0.05, 0) is 37.5 Å². The quantitative estimate of drug-likeness (QED) is 0.488. The summed E-state index contributed by atoms with van der Waals surface area (Å²) >= 11 is 0. The molecule has 15 heavy (non-hydrogen) atoms. The number of fused-ring (bicyclic) bond motifs is 1. The molecule has 0 heterocycles. The predicted octanol–water partition coefficient (Wildman–Crippen LogP) is 3.22. The molecule has 2 atom stereocenters. The summed E-state index contributed by atoms with van der Waals surface area (Å²) in [6.07, 6.45) is 9.53. The molecule has 0 amide bonds. The molecule has 2 aliphatic carbocycles. The van der Waals surface area contributed by atoms with Gasteiger partial charge in [-0.2, -0.15) is 0 Å². The van der Waals surface area contributed by atoms with Crippen LogP contribution >= 0.6 is 0 Å². The van der Waals surface area contributed by atoms with Crippen molar-refractivity contribution in [1.29, 1.82) is 0 Å². The molecule has 84 valence electrons. The van der Waals surface area contributed by atoms with Gasteiger partial charge in [-0.1, -0.05) is 18.6 Å². The highest BCUT2D eigenvalue weighted by atomic mass is 16.5. The second-order valence-corrected chi connectivity index (χ2v) is 5.16. The molecule has 0 N–H and O–H groups in total. The van der Waals surface area contributed by atoms with Crippen LogP contribution in [0, 0.1) is 5.41 Å². The van der Waals surface area contributed by atoms with Crippen LogP contribution < -0.4 is 0 Å². The molecular formula is C13H20O2. The molecule has 0 aromatic rings. The van der Waals surface area contributed by atoms with E-state index in [0.717, 1.165) is 12.8 Å². The van der Waals surface area contributed by atoms with Crippen molar-refractivity contribution >= 4 is 5.97 Å². The SMILES string of the molecule is CC(=O)O[C@H]1CC[C@]2(C)CCCC=C2C1. The Balaban J connectivity index is 2.04. The first-order chi connectivity index (χ1) is 7.10. The van der Waals surface area contributed by atoms with Crippen molar-refractivity contribution in [2.75, 3.05) is 0 Å². The van der Waals surface area contributed by atoms with Crippen molar-refractivity contribution in [3.63, 3.8) is 0 Å². The fourth-order valence-electron chi connectivity index (χ4n) is 2.95. The molecular weight excluding hydrogens is 188 g/mol. The smallest absolute Gasteiger partial charge is 0.302 e. The Bertz CT molecular complexity index is 293. The maximum atomic E-state index is 10.9. The number of allylic oxidation sites excluding steroid dienone is 1. The molecule has 0 aliphatic heterocycles. The highest BCUT2D eigenvalue weighted by Crippen LogP contribution is 2.47. The van der Waals surface area contributed by atoms with E-state index in [9.17, 15) is 4.79 Å². The number of hydrogen-bond donors (Lipinski definition) is 0. The molecule has 0 aromatic carbocycles. The average molecular weight is 208 g/mol. The third-order valence-electron chi connectivity index (χ3n) is 3.90. The van der Waals surface area contributed by atoms with Gasteiger partial charge in [0.25, 0.3) is 0 Å². The lowest BCUT2D eigenvalue weighted by molar-refractivity contribution is -0.147. The van der Waals surface area contributed by atoms with Gasteiger partial charge in [-0.25, -0.2) is 0 Å². The van der Waals surface area contributed by atoms with E-state index in [-0.39, 0.29) is 12.1 Å². The van der Waals surface area contributed by atoms with Crippen LogP contribution in [0.2, 0.25) is 0 Å². The lowest BCUT2D eigenvalue weighted by Gasteiger charge is -2.42. The molecule has 0 bridgehead atoms. The van der Waals surface area contributed by atoms with Gasteiger partial charge in [-0.3, -0.25) is 4.79 Å². The number of carbonyl (C=O) groups excluding carboxylic acids is 1. The van der Waals surface area contributed by atoms with E-state index in [4.69, 9.17) is 4.74 Å². The second-order valence-electron chi connectivity index (χ2n) is 5.16. The standard InChI is InChI=1S/C13H20O2/c1-10(14)15-12-6-8-13(2)7-4-3-5-11(13)9-12/h5,12H,3-4,6-9H2,1-2H3/t12-,13-/m0/s1. The van der Waals surface area contributed by atoms with Gasteiger partial charge < -0.3 is 4.74 Å². The summed E-state index contributed by atoms with van der Waals surface area (Å²) in [6.45, 7) is 3.87. The minimum atomic E-state index is -0.139. The minimum absolute atomic E-state index is 0.139. The second kappa shape index (κ2) is 3.99. The van der Waals surface area contributed by atoms with Gasteiger partial charge in [0.2, 0.25) is 0 Å². The van der Waals surface area contributed by atoms with E-state index in [1.54, 1.807) is 0 Å². The van der Waals surface area contributed by atoms with Gasteiger partial charge in [-0.15, -0.1) is 0 Å². The van der Waals surface area contributed by atoms with Gasteiger partial charge in [0.1, 0.15) is 6.10 Å². The summed E-state index contributed by atoms with van der Waals surface area (Å²) in [5.74, 6) is -0.139. The van der Waals surface area contributed by atoms with Crippen molar-refractivity contribution in [2.24, 2.45) is 5.41 Å². The summed E-state index contributed by atoms with van der Waals surface area (Å²) in [5.41, 5.74) is 1.95. The highest BCUT2D eigenvalue weighted by Gasteiger charge is 2.37. The third-order valence-corrected chi connectivity index (χ3v) is 3.90. The zero-order valence-corrected chi connectivity index (χ0v) is 9.71. The summed E-state index contributed by atoms with van der Waals surface area (Å²) in [5, 5.41) is 0. The number of hydrogen-bond acceptors (Lipinski definition) is 2.